The molecule has 190 valence electrons. The molecular weight excluding hydrogens is 507 g/mol. The number of carbonyl (C=O) groups is 1. The summed E-state index contributed by atoms with van der Waals surface area (Å²) in [7, 11) is -4.19. The molecule has 4 aromatic rings. The molecule has 1 aliphatic heterocycles. The Balaban J connectivity index is 1.81. The van der Waals surface area contributed by atoms with Crippen LogP contribution in [0.5, 0.6) is 0 Å². The van der Waals surface area contributed by atoms with Crippen LogP contribution in [0.25, 0.3) is 21.9 Å². The molecule has 0 saturated carbocycles. The van der Waals surface area contributed by atoms with Gasteiger partial charge in [0.1, 0.15) is 5.03 Å². The van der Waals surface area contributed by atoms with Gasteiger partial charge in [-0.15, -0.1) is 0 Å². The van der Waals surface area contributed by atoms with E-state index in [9.17, 15) is 36.3 Å². The Morgan fingerprint density at radius 2 is 1.68 bits per heavy atom. The van der Waals surface area contributed by atoms with Crippen LogP contribution in [0, 0.1) is 0 Å². The van der Waals surface area contributed by atoms with E-state index in [1.807, 2.05) is 42.5 Å². The quantitative estimate of drug-likeness (QED) is 0.391. The first-order valence-electron chi connectivity index (χ1n) is 11.3. The van der Waals surface area contributed by atoms with Crippen molar-refractivity contribution >= 4 is 26.6 Å². The molecular formula is C27H20F3NO5S. The molecule has 1 aliphatic rings. The Labute approximate surface area is 209 Å². The van der Waals surface area contributed by atoms with E-state index in [2.05, 4.69) is 0 Å². The number of pyridine rings is 1. The summed E-state index contributed by atoms with van der Waals surface area (Å²) in [6, 6.07) is 17.3. The molecule has 2 heterocycles. The lowest BCUT2D eigenvalue weighted by Crippen LogP contribution is -2.26. The minimum atomic E-state index is -4.68. The van der Waals surface area contributed by atoms with E-state index in [-0.39, 0.29) is 23.1 Å². The second-order valence-corrected chi connectivity index (χ2v) is 10.9. The topological polar surface area (TPSA) is 93.4 Å². The number of carboxylic acids is 1. The summed E-state index contributed by atoms with van der Waals surface area (Å²) in [6.07, 6.45) is -5.21. The van der Waals surface area contributed by atoms with Crippen LogP contribution in [-0.4, -0.2) is 29.8 Å². The molecule has 0 amide bonds. The van der Waals surface area contributed by atoms with Gasteiger partial charge < -0.3 is 5.11 Å². The molecule has 5 rings (SSSR count). The summed E-state index contributed by atoms with van der Waals surface area (Å²) in [6.45, 7) is 0. The maximum Gasteiger partial charge on any atom is 0.416 e. The molecule has 0 saturated heterocycles. The minimum Gasteiger partial charge on any atom is -0.481 e. The average Bonchev–Trinajstić information content (AvgIpc) is 3.09. The molecule has 10 heteroatoms. The molecule has 37 heavy (non-hydrogen) atoms. The molecule has 0 bridgehead atoms. The van der Waals surface area contributed by atoms with E-state index in [4.69, 9.17) is 0 Å². The summed E-state index contributed by atoms with van der Waals surface area (Å²) in [5.74, 6) is -1.92. The number of rotatable bonds is 5. The molecule has 1 N–H and O–H groups in total. The third-order valence-corrected chi connectivity index (χ3v) is 8.32. The number of fused-ring (bicyclic) bond motifs is 2. The fraction of sp³-hybridized carbons (Fsp3) is 0.185. The highest BCUT2D eigenvalue weighted by molar-refractivity contribution is 7.91. The Morgan fingerprint density at radius 3 is 2.41 bits per heavy atom. The monoisotopic (exact) mass is 527 g/mol. The Kier molecular flexibility index (Phi) is 5.94. The van der Waals surface area contributed by atoms with Crippen LogP contribution in [0.1, 0.15) is 29.2 Å². The van der Waals surface area contributed by atoms with Gasteiger partial charge in [0.15, 0.2) is 9.84 Å². The lowest BCUT2D eigenvalue weighted by Gasteiger charge is -2.18. The first-order chi connectivity index (χ1) is 17.5. The third kappa shape index (κ3) is 4.53. The smallest absolute Gasteiger partial charge is 0.416 e. The molecule has 0 spiro atoms. The van der Waals surface area contributed by atoms with Crippen molar-refractivity contribution in [1.82, 2.24) is 4.57 Å². The summed E-state index contributed by atoms with van der Waals surface area (Å²) >= 11 is 0. The fourth-order valence-electron chi connectivity index (χ4n) is 5.01. The second-order valence-electron chi connectivity index (χ2n) is 8.98. The van der Waals surface area contributed by atoms with Crippen molar-refractivity contribution in [2.45, 2.75) is 30.1 Å². The van der Waals surface area contributed by atoms with Gasteiger partial charge in [-0.25, -0.2) is 8.42 Å². The fourth-order valence-corrected chi connectivity index (χ4v) is 7.04. The van der Waals surface area contributed by atoms with Gasteiger partial charge in [0.2, 0.25) is 0 Å². The van der Waals surface area contributed by atoms with Crippen LogP contribution < -0.4 is 5.56 Å². The first-order valence-corrected chi connectivity index (χ1v) is 13.0. The van der Waals surface area contributed by atoms with Crippen molar-refractivity contribution in [2.24, 2.45) is 0 Å². The van der Waals surface area contributed by atoms with E-state index in [0.29, 0.717) is 0 Å². The van der Waals surface area contributed by atoms with Crippen molar-refractivity contribution in [3.8, 4) is 11.1 Å². The number of aromatic nitrogens is 1. The Hall–Kier alpha value is -3.92. The van der Waals surface area contributed by atoms with Gasteiger partial charge >= 0.3 is 12.1 Å². The normalized spacial score (nSPS) is 16.6. The predicted octanol–water partition coefficient (Wildman–Crippen LogP) is 5.08. The van der Waals surface area contributed by atoms with Crippen molar-refractivity contribution in [2.75, 3.05) is 5.75 Å². The van der Waals surface area contributed by atoms with Gasteiger partial charge in [-0.2, -0.15) is 13.2 Å². The summed E-state index contributed by atoms with van der Waals surface area (Å²) < 4.78 is 68.2. The minimum absolute atomic E-state index is 0.0200. The lowest BCUT2D eigenvalue weighted by molar-refractivity contribution is -0.138. The molecule has 1 aromatic heterocycles. The maximum absolute atomic E-state index is 13.6. The highest BCUT2D eigenvalue weighted by atomic mass is 32.2. The van der Waals surface area contributed by atoms with E-state index in [1.165, 1.54) is 18.2 Å². The number of hydrogen-bond acceptors (Lipinski definition) is 4. The predicted molar refractivity (Wildman–Crippen MR) is 131 cm³/mol. The van der Waals surface area contributed by atoms with Gasteiger partial charge in [-0.3, -0.25) is 14.2 Å². The average molecular weight is 528 g/mol. The number of alkyl halides is 3. The molecule has 0 radical (unpaired) electrons. The van der Waals surface area contributed by atoms with Gasteiger partial charge in [-0.05, 0) is 46.0 Å². The molecule has 6 nitrogen and oxygen atoms in total. The second kappa shape index (κ2) is 8.88. The van der Waals surface area contributed by atoms with Crippen LogP contribution in [0.2, 0.25) is 0 Å². The zero-order valence-electron chi connectivity index (χ0n) is 19.2. The number of nitrogens with zero attached hydrogens (tertiary/aromatic N) is 1. The highest BCUT2D eigenvalue weighted by Crippen LogP contribution is 2.41. The molecule has 3 aromatic carbocycles. The first kappa shape index (κ1) is 24.8. The zero-order valence-corrected chi connectivity index (χ0v) is 20.0. The van der Waals surface area contributed by atoms with Crippen LogP contribution in [0.4, 0.5) is 13.2 Å². The van der Waals surface area contributed by atoms with Crippen molar-refractivity contribution in [1.29, 1.82) is 0 Å². The van der Waals surface area contributed by atoms with Crippen molar-refractivity contribution in [3.05, 3.63) is 99.8 Å². The maximum atomic E-state index is 13.6. The van der Waals surface area contributed by atoms with Crippen molar-refractivity contribution in [3.63, 3.8) is 0 Å². The number of benzene rings is 3. The zero-order chi connectivity index (χ0) is 26.5. The highest BCUT2D eigenvalue weighted by Gasteiger charge is 2.40. The number of aliphatic carboxylic acids is 1. The summed E-state index contributed by atoms with van der Waals surface area (Å²) in [5.41, 5.74) is -0.726. The van der Waals surface area contributed by atoms with Crippen LogP contribution in [-0.2, 0) is 27.2 Å². The number of halogens is 3. The van der Waals surface area contributed by atoms with Gasteiger partial charge in [0.25, 0.3) is 5.56 Å². The molecule has 0 aliphatic carbocycles. The Bertz CT molecular complexity index is 1720. The van der Waals surface area contributed by atoms with Gasteiger partial charge in [0.05, 0.1) is 23.8 Å². The van der Waals surface area contributed by atoms with Crippen LogP contribution in [0.15, 0.2) is 82.6 Å². The summed E-state index contributed by atoms with van der Waals surface area (Å²) in [5, 5.41) is 10.6. The number of sulfone groups is 1. The molecule has 1 atom stereocenters. The van der Waals surface area contributed by atoms with Gasteiger partial charge in [-0.1, -0.05) is 54.6 Å². The number of hydrogen-bond donors (Lipinski definition) is 1. The third-order valence-electron chi connectivity index (χ3n) is 6.51. The summed E-state index contributed by atoms with van der Waals surface area (Å²) in [4.78, 5) is 24.6. The SMILES string of the molecule is O=C(O)CC1CS(=O)(=O)c2c(-c3cccc(C(F)(F)F)c3)c(Cc3cccc4ccccc34)cc(=O)n21. The van der Waals surface area contributed by atoms with E-state index in [0.717, 1.165) is 33.0 Å². The Morgan fingerprint density at radius 1 is 0.973 bits per heavy atom. The number of carboxylic acid groups (broad SMARTS) is 1. The van der Waals surface area contributed by atoms with E-state index in [1.54, 1.807) is 0 Å². The largest absolute Gasteiger partial charge is 0.481 e. The molecule has 0 fully saturated rings. The van der Waals surface area contributed by atoms with Crippen molar-refractivity contribution < 1.29 is 31.5 Å². The van der Waals surface area contributed by atoms with Crippen LogP contribution >= 0.6 is 0 Å². The standard InChI is InChI=1S/C27H20F3NO5S/c28-27(29,30)20-9-4-8-18(12-20)25-19(11-17-7-3-6-16-5-1-2-10-22(16)17)13-23(32)31-21(14-24(33)34)15-37(35,36)26(25)31/h1-10,12-13,21H,11,14-15H2,(H,33,34). The van der Waals surface area contributed by atoms with Crippen LogP contribution in [0.3, 0.4) is 0 Å². The molecule has 1 unspecified atom stereocenters. The van der Waals surface area contributed by atoms with E-state index < -0.39 is 56.3 Å². The van der Waals surface area contributed by atoms with Gasteiger partial charge in [0, 0.05) is 11.6 Å². The lowest BCUT2D eigenvalue weighted by atomic mass is 9.93. The van der Waals surface area contributed by atoms with E-state index >= 15 is 0 Å².